The summed E-state index contributed by atoms with van der Waals surface area (Å²) in [5, 5.41) is 0. The predicted octanol–water partition coefficient (Wildman–Crippen LogP) is 5.04. The van der Waals surface area contributed by atoms with E-state index < -0.39 is 0 Å². The fraction of sp³-hybridized carbons (Fsp3) is 0.261. The Balaban J connectivity index is 1.98. The van der Waals surface area contributed by atoms with Gasteiger partial charge in [0.05, 0.1) is 5.56 Å². The molecule has 0 N–H and O–H groups in total. The van der Waals surface area contributed by atoms with Gasteiger partial charge in [-0.3, -0.25) is 14.6 Å². The van der Waals surface area contributed by atoms with Crippen LogP contribution >= 0.6 is 0 Å². The van der Waals surface area contributed by atoms with Crippen molar-refractivity contribution in [3.8, 4) is 11.1 Å². The van der Waals surface area contributed by atoms with E-state index in [1.807, 2.05) is 45.0 Å². The number of furan rings is 1. The number of aromatic nitrogens is 1. The number of benzene rings is 1. The van der Waals surface area contributed by atoms with Crippen LogP contribution in [0, 0.1) is 12.3 Å². The highest BCUT2D eigenvalue weighted by Gasteiger charge is 2.39. The van der Waals surface area contributed by atoms with Gasteiger partial charge in [-0.15, -0.1) is 0 Å². The third-order valence-electron chi connectivity index (χ3n) is 5.06. The van der Waals surface area contributed by atoms with E-state index in [-0.39, 0.29) is 22.7 Å². The number of hydrogen-bond donors (Lipinski definition) is 0. The zero-order chi connectivity index (χ0) is 19.2. The molecule has 136 valence electrons. The summed E-state index contributed by atoms with van der Waals surface area (Å²) in [6, 6.07) is 13.0. The lowest BCUT2D eigenvalue weighted by Gasteiger charge is -2.27. The average molecular weight is 359 g/mol. The quantitative estimate of drug-likeness (QED) is 0.615. The van der Waals surface area contributed by atoms with Gasteiger partial charge in [0.1, 0.15) is 11.5 Å². The lowest BCUT2D eigenvalue weighted by Crippen LogP contribution is -2.26. The van der Waals surface area contributed by atoms with Crippen molar-refractivity contribution < 1.29 is 14.0 Å². The molecule has 0 aliphatic heterocycles. The van der Waals surface area contributed by atoms with Crippen molar-refractivity contribution >= 4 is 11.6 Å². The number of hydrogen-bond acceptors (Lipinski definition) is 4. The lowest BCUT2D eigenvalue weighted by molar-refractivity contribution is 0.0899. The third kappa shape index (κ3) is 3.01. The van der Waals surface area contributed by atoms with E-state index in [0.717, 1.165) is 11.1 Å². The van der Waals surface area contributed by atoms with Crippen LogP contribution < -0.4 is 0 Å². The first-order valence-corrected chi connectivity index (χ1v) is 9.08. The molecule has 0 saturated heterocycles. The highest BCUT2D eigenvalue weighted by Crippen LogP contribution is 2.43. The van der Waals surface area contributed by atoms with Crippen LogP contribution in [-0.4, -0.2) is 16.6 Å². The van der Waals surface area contributed by atoms with Crippen LogP contribution in [0.4, 0.5) is 0 Å². The van der Waals surface area contributed by atoms with Crippen molar-refractivity contribution in [3.05, 3.63) is 77.0 Å². The van der Waals surface area contributed by atoms with E-state index in [2.05, 4.69) is 4.98 Å². The lowest BCUT2D eigenvalue weighted by atomic mass is 9.75. The molecule has 0 spiro atoms. The van der Waals surface area contributed by atoms with E-state index in [0.29, 0.717) is 35.4 Å². The SMILES string of the molecule is Cc1ccccc1-c1c(C(=O)c2ccccn2)oc2c1C(=O)CC(C)(C)C2. The second kappa shape index (κ2) is 6.31. The van der Waals surface area contributed by atoms with Gasteiger partial charge in [0.15, 0.2) is 11.5 Å². The molecule has 0 bridgehead atoms. The standard InChI is InChI=1S/C23H21NO3/c1-14-8-4-5-9-15(14)19-20-17(25)12-23(2,3)13-18(20)27-22(19)21(26)16-10-6-7-11-24-16/h4-11H,12-13H2,1-3H3. The van der Waals surface area contributed by atoms with Crippen molar-refractivity contribution in [3.63, 3.8) is 0 Å². The first-order chi connectivity index (χ1) is 12.9. The van der Waals surface area contributed by atoms with Crippen LogP contribution in [0.25, 0.3) is 11.1 Å². The second-order valence-electron chi connectivity index (χ2n) is 7.90. The highest BCUT2D eigenvalue weighted by atomic mass is 16.4. The molecule has 1 aliphatic rings. The molecule has 1 aliphatic carbocycles. The Morgan fingerprint density at radius 2 is 1.78 bits per heavy atom. The Morgan fingerprint density at radius 3 is 2.48 bits per heavy atom. The fourth-order valence-corrected chi connectivity index (χ4v) is 3.80. The number of pyridine rings is 1. The number of carbonyl (C=O) groups is 2. The topological polar surface area (TPSA) is 60.2 Å². The molecule has 0 amide bonds. The van der Waals surface area contributed by atoms with Crippen molar-refractivity contribution in [2.45, 2.75) is 33.6 Å². The Morgan fingerprint density at radius 1 is 1.04 bits per heavy atom. The summed E-state index contributed by atoms with van der Waals surface area (Å²) in [6.45, 7) is 6.06. The van der Waals surface area contributed by atoms with Gasteiger partial charge in [-0.05, 0) is 35.6 Å². The van der Waals surface area contributed by atoms with Crippen LogP contribution in [0.2, 0.25) is 0 Å². The van der Waals surface area contributed by atoms with Crippen LogP contribution in [0.3, 0.4) is 0 Å². The monoisotopic (exact) mass is 359 g/mol. The molecular weight excluding hydrogens is 338 g/mol. The number of fused-ring (bicyclic) bond motifs is 1. The summed E-state index contributed by atoms with van der Waals surface area (Å²) in [5.41, 5.74) is 3.15. The molecule has 4 nitrogen and oxygen atoms in total. The minimum atomic E-state index is -0.297. The first kappa shape index (κ1) is 17.4. The highest BCUT2D eigenvalue weighted by molar-refractivity contribution is 6.15. The third-order valence-corrected chi connectivity index (χ3v) is 5.06. The van der Waals surface area contributed by atoms with Crippen LogP contribution in [0.15, 0.2) is 53.1 Å². The smallest absolute Gasteiger partial charge is 0.247 e. The van der Waals surface area contributed by atoms with E-state index in [9.17, 15) is 9.59 Å². The number of aryl methyl sites for hydroxylation is 1. The normalized spacial score (nSPS) is 15.4. The number of nitrogens with zero attached hydrogens (tertiary/aromatic N) is 1. The molecule has 0 saturated carbocycles. The maximum Gasteiger partial charge on any atom is 0.247 e. The van der Waals surface area contributed by atoms with Gasteiger partial charge in [0, 0.05) is 24.6 Å². The van der Waals surface area contributed by atoms with Gasteiger partial charge in [0.25, 0.3) is 0 Å². The number of ketones is 2. The zero-order valence-corrected chi connectivity index (χ0v) is 15.7. The first-order valence-electron chi connectivity index (χ1n) is 9.08. The number of Topliss-reactive ketones (excluding diaryl/α,β-unsaturated/α-hetero) is 1. The van der Waals surface area contributed by atoms with E-state index in [4.69, 9.17) is 4.42 Å². The van der Waals surface area contributed by atoms with Gasteiger partial charge in [0.2, 0.25) is 5.78 Å². The Labute approximate surface area is 158 Å². The fourth-order valence-electron chi connectivity index (χ4n) is 3.80. The summed E-state index contributed by atoms with van der Waals surface area (Å²) in [4.78, 5) is 30.3. The molecule has 0 fully saturated rings. The number of rotatable bonds is 3. The van der Waals surface area contributed by atoms with Gasteiger partial charge >= 0.3 is 0 Å². The molecule has 4 heteroatoms. The summed E-state index contributed by atoms with van der Waals surface area (Å²) in [7, 11) is 0. The minimum absolute atomic E-state index is 0.0309. The summed E-state index contributed by atoms with van der Waals surface area (Å²) < 4.78 is 6.06. The predicted molar refractivity (Wildman–Crippen MR) is 103 cm³/mol. The molecule has 2 aromatic heterocycles. The maximum atomic E-state index is 13.2. The van der Waals surface area contributed by atoms with Crippen LogP contribution in [0.1, 0.15) is 58.2 Å². The number of carbonyl (C=O) groups excluding carboxylic acids is 2. The van der Waals surface area contributed by atoms with Gasteiger partial charge in [-0.2, -0.15) is 0 Å². The van der Waals surface area contributed by atoms with E-state index in [1.165, 1.54) is 0 Å². The molecule has 2 heterocycles. The molecule has 4 rings (SSSR count). The Bertz CT molecular complexity index is 1040. The van der Waals surface area contributed by atoms with E-state index >= 15 is 0 Å². The summed E-state index contributed by atoms with van der Waals surface area (Å²) in [6.07, 6.45) is 2.65. The Hall–Kier alpha value is -3.01. The Kier molecular flexibility index (Phi) is 4.06. The summed E-state index contributed by atoms with van der Waals surface area (Å²) >= 11 is 0. The summed E-state index contributed by atoms with van der Waals surface area (Å²) in [5.74, 6) is 0.546. The van der Waals surface area contributed by atoms with Gasteiger partial charge in [-0.1, -0.05) is 44.2 Å². The second-order valence-corrected chi connectivity index (χ2v) is 7.90. The van der Waals surface area contributed by atoms with Crippen LogP contribution in [-0.2, 0) is 6.42 Å². The van der Waals surface area contributed by atoms with Crippen molar-refractivity contribution in [1.82, 2.24) is 4.98 Å². The van der Waals surface area contributed by atoms with Gasteiger partial charge in [-0.25, -0.2) is 0 Å². The average Bonchev–Trinajstić information content (AvgIpc) is 3.00. The molecule has 3 aromatic rings. The van der Waals surface area contributed by atoms with Gasteiger partial charge < -0.3 is 4.42 Å². The molecule has 27 heavy (non-hydrogen) atoms. The minimum Gasteiger partial charge on any atom is -0.456 e. The van der Waals surface area contributed by atoms with Crippen molar-refractivity contribution in [2.75, 3.05) is 0 Å². The molecule has 0 unspecified atom stereocenters. The maximum absolute atomic E-state index is 13.2. The largest absolute Gasteiger partial charge is 0.456 e. The zero-order valence-electron chi connectivity index (χ0n) is 15.7. The van der Waals surface area contributed by atoms with Crippen molar-refractivity contribution in [2.24, 2.45) is 5.41 Å². The molecule has 1 aromatic carbocycles. The molecule has 0 radical (unpaired) electrons. The molecular formula is C23H21NO3. The van der Waals surface area contributed by atoms with E-state index in [1.54, 1.807) is 24.4 Å². The molecule has 0 atom stereocenters. The van der Waals surface area contributed by atoms with Crippen LogP contribution in [0.5, 0.6) is 0 Å². The van der Waals surface area contributed by atoms with Crippen molar-refractivity contribution in [1.29, 1.82) is 0 Å².